The summed E-state index contributed by atoms with van der Waals surface area (Å²) in [4.78, 5) is 9.51. The molecule has 0 amide bonds. The molecule has 0 saturated carbocycles. The molecule has 0 aliphatic heterocycles. The number of benzene rings is 2. The second-order valence-electron chi connectivity index (χ2n) is 4.35. The van der Waals surface area contributed by atoms with Crippen LogP contribution in [0.4, 0.5) is 0 Å². The fourth-order valence-electron chi connectivity index (χ4n) is 1.95. The summed E-state index contributed by atoms with van der Waals surface area (Å²) in [6, 6.07) is 13.3. The van der Waals surface area contributed by atoms with Crippen LogP contribution in [0.25, 0.3) is 10.9 Å². The van der Waals surface area contributed by atoms with E-state index in [1.165, 1.54) is 11.8 Å². The first-order valence-electron chi connectivity index (χ1n) is 6.16. The number of nitrogen functional groups attached to an aromatic ring is 1. The average Bonchev–Trinajstić information content (AvgIpc) is 2.47. The SMILES string of the molecule is N=C(N)c1ccc(Sc2ncnc3ccccc23)cc1Cl. The van der Waals surface area contributed by atoms with Gasteiger partial charge in [-0.15, -0.1) is 0 Å². The van der Waals surface area contributed by atoms with Gasteiger partial charge >= 0.3 is 0 Å². The third kappa shape index (κ3) is 2.84. The van der Waals surface area contributed by atoms with E-state index in [-0.39, 0.29) is 5.84 Å². The van der Waals surface area contributed by atoms with E-state index in [9.17, 15) is 0 Å². The lowest BCUT2D eigenvalue weighted by atomic mass is 10.2. The van der Waals surface area contributed by atoms with Crippen LogP contribution in [0.1, 0.15) is 5.56 Å². The molecule has 21 heavy (non-hydrogen) atoms. The van der Waals surface area contributed by atoms with Crippen molar-refractivity contribution in [2.45, 2.75) is 9.92 Å². The average molecular weight is 315 g/mol. The molecule has 1 aromatic heterocycles. The van der Waals surface area contributed by atoms with E-state index in [1.807, 2.05) is 30.3 Å². The highest BCUT2D eigenvalue weighted by Crippen LogP contribution is 2.33. The zero-order valence-electron chi connectivity index (χ0n) is 10.9. The number of aromatic nitrogens is 2. The Labute approximate surface area is 130 Å². The highest BCUT2D eigenvalue weighted by Gasteiger charge is 2.08. The Balaban J connectivity index is 1.99. The molecule has 2 aromatic carbocycles. The van der Waals surface area contributed by atoms with Crippen LogP contribution in [0.3, 0.4) is 0 Å². The molecule has 3 N–H and O–H groups in total. The van der Waals surface area contributed by atoms with Crippen LogP contribution in [0.5, 0.6) is 0 Å². The van der Waals surface area contributed by atoms with Crippen LogP contribution in [0.2, 0.25) is 5.02 Å². The number of hydrogen-bond donors (Lipinski definition) is 2. The summed E-state index contributed by atoms with van der Waals surface area (Å²) in [5, 5.41) is 9.77. The Morgan fingerprint density at radius 3 is 2.71 bits per heavy atom. The molecule has 0 radical (unpaired) electrons. The minimum atomic E-state index is -0.0379. The molecule has 104 valence electrons. The second kappa shape index (κ2) is 5.71. The first-order chi connectivity index (χ1) is 10.1. The van der Waals surface area contributed by atoms with Gasteiger partial charge in [0.05, 0.1) is 10.5 Å². The largest absolute Gasteiger partial charge is 0.384 e. The predicted octanol–water partition coefficient (Wildman–Crippen LogP) is 3.72. The van der Waals surface area contributed by atoms with Gasteiger partial charge in [0.1, 0.15) is 17.2 Å². The lowest BCUT2D eigenvalue weighted by molar-refractivity contribution is 1.10. The van der Waals surface area contributed by atoms with Gasteiger partial charge in [-0.1, -0.05) is 41.6 Å². The molecule has 4 nitrogen and oxygen atoms in total. The van der Waals surface area contributed by atoms with Crippen LogP contribution >= 0.6 is 23.4 Å². The van der Waals surface area contributed by atoms with Gasteiger partial charge in [0.15, 0.2) is 0 Å². The van der Waals surface area contributed by atoms with Gasteiger partial charge in [0, 0.05) is 15.8 Å². The van der Waals surface area contributed by atoms with E-state index < -0.39 is 0 Å². The molecule has 1 heterocycles. The third-order valence-corrected chi connectivity index (χ3v) is 4.27. The third-order valence-electron chi connectivity index (χ3n) is 2.95. The van der Waals surface area contributed by atoms with Gasteiger partial charge in [-0.05, 0) is 24.3 Å². The number of nitrogens with zero attached hydrogens (tertiary/aromatic N) is 2. The smallest absolute Gasteiger partial charge is 0.124 e. The summed E-state index contributed by atoms with van der Waals surface area (Å²) in [5.41, 5.74) is 6.90. The summed E-state index contributed by atoms with van der Waals surface area (Å²) in [6.45, 7) is 0. The van der Waals surface area contributed by atoms with Crippen molar-refractivity contribution in [1.29, 1.82) is 5.41 Å². The number of para-hydroxylation sites is 1. The molecule has 0 spiro atoms. The number of fused-ring (bicyclic) bond motifs is 1. The van der Waals surface area contributed by atoms with Crippen molar-refractivity contribution in [1.82, 2.24) is 9.97 Å². The topological polar surface area (TPSA) is 75.7 Å². The number of hydrogen-bond acceptors (Lipinski definition) is 4. The minimum absolute atomic E-state index is 0.0379. The van der Waals surface area contributed by atoms with E-state index >= 15 is 0 Å². The lowest BCUT2D eigenvalue weighted by Crippen LogP contribution is -2.11. The predicted molar refractivity (Wildman–Crippen MR) is 86.1 cm³/mol. The Bertz CT molecular complexity index is 830. The van der Waals surface area contributed by atoms with Gasteiger partial charge in [-0.3, -0.25) is 5.41 Å². The summed E-state index contributed by atoms with van der Waals surface area (Å²) in [5.74, 6) is -0.0379. The van der Waals surface area contributed by atoms with Gasteiger partial charge in [-0.2, -0.15) is 0 Å². The molecule has 0 unspecified atom stereocenters. The molecular formula is C15H11ClN4S. The number of nitrogens with one attached hydrogen (secondary N) is 1. The van der Waals surface area contributed by atoms with E-state index in [1.54, 1.807) is 18.5 Å². The van der Waals surface area contributed by atoms with Gasteiger partial charge in [-0.25, -0.2) is 9.97 Å². The maximum absolute atomic E-state index is 7.44. The molecule has 3 rings (SSSR count). The zero-order valence-corrected chi connectivity index (χ0v) is 12.4. The first kappa shape index (κ1) is 13.9. The van der Waals surface area contributed by atoms with Crippen molar-refractivity contribution >= 4 is 40.1 Å². The Morgan fingerprint density at radius 2 is 1.95 bits per heavy atom. The van der Waals surface area contributed by atoms with Gasteiger partial charge in [0.25, 0.3) is 0 Å². The number of nitrogens with two attached hydrogens (primary N) is 1. The highest BCUT2D eigenvalue weighted by molar-refractivity contribution is 7.99. The normalized spacial score (nSPS) is 10.7. The lowest BCUT2D eigenvalue weighted by Gasteiger charge is -2.07. The quantitative estimate of drug-likeness (QED) is 0.439. The van der Waals surface area contributed by atoms with Crippen LogP contribution < -0.4 is 5.73 Å². The van der Waals surface area contributed by atoms with Crippen molar-refractivity contribution in [3.8, 4) is 0 Å². The molecule has 3 aromatic rings. The number of rotatable bonds is 3. The Morgan fingerprint density at radius 1 is 1.14 bits per heavy atom. The summed E-state index contributed by atoms with van der Waals surface area (Å²) >= 11 is 7.65. The van der Waals surface area contributed by atoms with Crippen LogP contribution in [-0.4, -0.2) is 15.8 Å². The molecule has 0 bridgehead atoms. The molecule has 0 aliphatic rings. The molecular weight excluding hydrogens is 304 g/mol. The Kier molecular flexibility index (Phi) is 3.77. The molecule has 6 heteroatoms. The van der Waals surface area contributed by atoms with Gasteiger partial charge in [0.2, 0.25) is 0 Å². The fraction of sp³-hybridized carbons (Fsp3) is 0. The van der Waals surface area contributed by atoms with Crippen molar-refractivity contribution in [2.75, 3.05) is 0 Å². The number of amidine groups is 1. The van der Waals surface area contributed by atoms with Crippen molar-refractivity contribution in [2.24, 2.45) is 5.73 Å². The summed E-state index contributed by atoms with van der Waals surface area (Å²) in [6.07, 6.45) is 1.55. The minimum Gasteiger partial charge on any atom is -0.384 e. The van der Waals surface area contributed by atoms with Crippen LogP contribution in [0, 0.1) is 5.41 Å². The van der Waals surface area contributed by atoms with Gasteiger partial charge < -0.3 is 5.73 Å². The highest BCUT2D eigenvalue weighted by atomic mass is 35.5. The molecule has 0 fully saturated rings. The fourth-order valence-corrected chi connectivity index (χ4v) is 3.22. The maximum Gasteiger partial charge on any atom is 0.124 e. The standard InChI is InChI=1S/C15H11ClN4S/c16-12-7-9(5-6-10(12)14(17)18)21-15-11-3-1-2-4-13(11)19-8-20-15/h1-8H,(H3,17,18). The van der Waals surface area contributed by atoms with E-state index in [0.29, 0.717) is 10.6 Å². The van der Waals surface area contributed by atoms with Crippen LogP contribution in [0.15, 0.2) is 58.7 Å². The van der Waals surface area contributed by atoms with Crippen molar-refractivity contribution in [3.05, 3.63) is 59.4 Å². The second-order valence-corrected chi connectivity index (χ2v) is 5.82. The monoisotopic (exact) mass is 314 g/mol. The Hall–Kier alpha value is -2.11. The van der Waals surface area contributed by atoms with Crippen molar-refractivity contribution in [3.63, 3.8) is 0 Å². The molecule has 0 atom stereocenters. The van der Waals surface area contributed by atoms with E-state index in [2.05, 4.69) is 9.97 Å². The molecule has 0 aliphatic carbocycles. The summed E-state index contributed by atoms with van der Waals surface area (Å²) < 4.78 is 0. The van der Waals surface area contributed by atoms with E-state index in [4.69, 9.17) is 22.7 Å². The summed E-state index contributed by atoms with van der Waals surface area (Å²) in [7, 11) is 0. The first-order valence-corrected chi connectivity index (χ1v) is 7.36. The molecule has 0 saturated heterocycles. The maximum atomic E-state index is 7.44. The number of halogens is 1. The van der Waals surface area contributed by atoms with Crippen LogP contribution in [-0.2, 0) is 0 Å². The van der Waals surface area contributed by atoms with Crippen molar-refractivity contribution < 1.29 is 0 Å². The zero-order chi connectivity index (χ0) is 14.8. The van der Waals surface area contributed by atoms with E-state index in [0.717, 1.165) is 20.8 Å².